The van der Waals surface area contributed by atoms with E-state index in [-0.39, 0.29) is 0 Å². The van der Waals surface area contributed by atoms with Crippen LogP contribution in [0, 0.1) is 5.92 Å². The number of aromatic amines is 1. The largest absolute Gasteiger partial charge is 0.312 e. The summed E-state index contributed by atoms with van der Waals surface area (Å²) in [5.74, 6) is 1.23. The predicted octanol–water partition coefficient (Wildman–Crippen LogP) is 3.95. The highest BCUT2D eigenvalue weighted by Gasteiger charge is 2.08. The van der Waals surface area contributed by atoms with Crippen LogP contribution in [0.25, 0.3) is 11.3 Å². The molecular weight excluding hydrogens is 246 g/mol. The van der Waals surface area contributed by atoms with Crippen LogP contribution in [0.15, 0.2) is 30.5 Å². The summed E-state index contributed by atoms with van der Waals surface area (Å²) < 4.78 is 0. The Balaban J connectivity index is 2.10. The van der Waals surface area contributed by atoms with Crippen molar-refractivity contribution in [1.29, 1.82) is 0 Å². The summed E-state index contributed by atoms with van der Waals surface area (Å²) in [5.41, 5.74) is 4.92. The lowest BCUT2D eigenvalue weighted by Gasteiger charge is -2.09. The van der Waals surface area contributed by atoms with Crippen LogP contribution in [0.1, 0.15) is 44.7 Å². The molecule has 1 heterocycles. The van der Waals surface area contributed by atoms with Gasteiger partial charge in [-0.3, -0.25) is 5.10 Å². The minimum atomic E-state index is 0.568. The van der Waals surface area contributed by atoms with Crippen molar-refractivity contribution in [1.82, 2.24) is 15.5 Å². The van der Waals surface area contributed by atoms with Crippen molar-refractivity contribution >= 4 is 0 Å². The number of benzene rings is 1. The zero-order chi connectivity index (χ0) is 14.5. The third kappa shape index (κ3) is 3.70. The van der Waals surface area contributed by atoms with Crippen molar-refractivity contribution < 1.29 is 0 Å². The second-order valence-corrected chi connectivity index (χ2v) is 6.07. The van der Waals surface area contributed by atoms with Crippen LogP contribution < -0.4 is 5.32 Å². The zero-order valence-corrected chi connectivity index (χ0v) is 12.9. The summed E-state index contributed by atoms with van der Waals surface area (Å²) in [4.78, 5) is 0. The molecule has 2 N–H and O–H groups in total. The van der Waals surface area contributed by atoms with Gasteiger partial charge >= 0.3 is 0 Å². The van der Waals surface area contributed by atoms with Crippen molar-refractivity contribution in [3.63, 3.8) is 0 Å². The van der Waals surface area contributed by atoms with Crippen molar-refractivity contribution in [2.45, 2.75) is 40.2 Å². The SMILES string of the molecule is CC(C)CNCc1cn[nH]c1-c1ccc(C(C)C)cc1. The molecule has 0 unspecified atom stereocenters. The van der Waals surface area contributed by atoms with E-state index in [0.29, 0.717) is 11.8 Å². The molecule has 108 valence electrons. The molecule has 0 aliphatic rings. The fraction of sp³-hybridized carbons (Fsp3) is 0.471. The normalized spacial score (nSPS) is 11.5. The van der Waals surface area contributed by atoms with Gasteiger partial charge in [0.25, 0.3) is 0 Å². The Morgan fingerprint density at radius 2 is 1.80 bits per heavy atom. The molecule has 3 nitrogen and oxygen atoms in total. The van der Waals surface area contributed by atoms with E-state index < -0.39 is 0 Å². The van der Waals surface area contributed by atoms with Gasteiger partial charge in [0, 0.05) is 12.1 Å². The summed E-state index contributed by atoms with van der Waals surface area (Å²) in [6, 6.07) is 8.75. The highest BCUT2D eigenvalue weighted by Crippen LogP contribution is 2.23. The molecule has 0 aliphatic heterocycles. The van der Waals surface area contributed by atoms with Gasteiger partial charge in [0.2, 0.25) is 0 Å². The molecule has 2 aromatic rings. The van der Waals surface area contributed by atoms with E-state index in [9.17, 15) is 0 Å². The lowest BCUT2D eigenvalue weighted by molar-refractivity contribution is 0.553. The minimum Gasteiger partial charge on any atom is -0.312 e. The van der Waals surface area contributed by atoms with Crippen molar-refractivity contribution in [2.75, 3.05) is 6.54 Å². The number of nitrogens with one attached hydrogen (secondary N) is 2. The Bertz CT molecular complexity index is 523. The highest BCUT2D eigenvalue weighted by molar-refractivity contribution is 5.63. The van der Waals surface area contributed by atoms with Gasteiger partial charge in [-0.15, -0.1) is 0 Å². The van der Waals surface area contributed by atoms with Gasteiger partial charge in [-0.2, -0.15) is 5.10 Å². The molecule has 0 spiro atoms. The first-order valence-electron chi connectivity index (χ1n) is 7.41. The predicted molar refractivity (Wildman–Crippen MR) is 84.7 cm³/mol. The molecule has 0 saturated heterocycles. The molecule has 0 aliphatic carbocycles. The van der Waals surface area contributed by atoms with Gasteiger partial charge in [-0.05, 0) is 29.5 Å². The lowest BCUT2D eigenvalue weighted by Crippen LogP contribution is -2.19. The van der Waals surface area contributed by atoms with E-state index in [1.54, 1.807) is 0 Å². The zero-order valence-electron chi connectivity index (χ0n) is 12.9. The van der Waals surface area contributed by atoms with Crippen LogP contribution in [-0.4, -0.2) is 16.7 Å². The van der Waals surface area contributed by atoms with Gasteiger partial charge in [-0.25, -0.2) is 0 Å². The Hall–Kier alpha value is -1.61. The average Bonchev–Trinajstić information content (AvgIpc) is 2.87. The second kappa shape index (κ2) is 6.71. The Morgan fingerprint density at radius 1 is 1.10 bits per heavy atom. The minimum absolute atomic E-state index is 0.568. The third-order valence-corrected chi connectivity index (χ3v) is 3.45. The number of hydrogen-bond donors (Lipinski definition) is 2. The number of rotatable bonds is 6. The van der Waals surface area contributed by atoms with Crippen LogP contribution >= 0.6 is 0 Å². The van der Waals surface area contributed by atoms with Gasteiger partial charge in [-0.1, -0.05) is 52.0 Å². The summed E-state index contributed by atoms with van der Waals surface area (Å²) in [6.07, 6.45) is 1.92. The maximum absolute atomic E-state index is 4.19. The summed E-state index contributed by atoms with van der Waals surface area (Å²) in [5, 5.41) is 10.8. The first kappa shape index (κ1) is 14.8. The fourth-order valence-corrected chi connectivity index (χ4v) is 2.23. The monoisotopic (exact) mass is 271 g/mol. The van der Waals surface area contributed by atoms with Crippen molar-refractivity contribution in [2.24, 2.45) is 5.92 Å². The van der Waals surface area contributed by atoms with Gasteiger partial charge in [0.15, 0.2) is 0 Å². The number of H-pyrrole nitrogens is 1. The Morgan fingerprint density at radius 3 is 2.40 bits per heavy atom. The first-order chi connectivity index (χ1) is 9.58. The van der Waals surface area contributed by atoms with E-state index in [0.717, 1.165) is 18.8 Å². The molecule has 20 heavy (non-hydrogen) atoms. The molecule has 0 bridgehead atoms. The van der Waals surface area contributed by atoms with E-state index >= 15 is 0 Å². The number of nitrogens with zero attached hydrogens (tertiary/aromatic N) is 1. The maximum Gasteiger partial charge on any atom is 0.0695 e. The summed E-state index contributed by atoms with van der Waals surface area (Å²) >= 11 is 0. The molecular formula is C17H25N3. The van der Waals surface area contributed by atoms with Gasteiger partial charge < -0.3 is 5.32 Å². The third-order valence-electron chi connectivity index (χ3n) is 3.45. The molecule has 0 saturated carbocycles. The van der Waals surface area contributed by atoms with Crippen LogP contribution in [0.3, 0.4) is 0 Å². The van der Waals surface area contributed by atoms with Gasteiger partial charge in [0.05, 0.1) is 11.9 Å². The van der Waals surface area contributed by atoms with E-state index in [4.69, 9.17) is 0 Å². The smallest absolute Gasteiger partial charge is 0.0695 e. The highest BCUT2D eigenvalue weighted by atomic mass is 15.1. The van der Waals surface area contributed by atoms with Crippen LogP contribution in [-0.2, 0) is 6.54 Å². The number of aromatic nitrogens is 2. The molecule has 0 radical (unpaired) electrons. The molecule has 0 amide bonds. The molecule has 3 heteroatoms. The van der Waals surface area contributed by atoms with E-state index in [2.05, 4.69) is 67.5 Å². The van der Waals surface area contributed by atoms with Crippen LogP contribution in [0.2, 0.25) is 0 Å². The lowest BCUT2D eigenvalue weighted by atomic mass is 10.00. The van der Waals surface area contributed by atoms with E-state index in [1.807, 2.05) is 6.20 Å². The summed E-state index contributed by atoms with van der Waals surface area (Å²) in [7, 11) is 0. The quantitative estimate of drug-likeness (QED) is 0.835. The summed E-state index contributed by atoms with van der Waals surface area (Å²) in [6.45, 7) is 10.7. The molecule has 2 rings (SSSR count). The molecule has 1 aromatic heterocycles. The Kier molecular flexibility index (Phi) is 4.96. The van der Waals surface area contributed by atoms with Gasteiger partial charge in [0.1, 0.15) is 0 Å². The first-order valence-corrected chi connectivity index (χ1v) is 7.41. The van der Waals surface area contributed by atoms with Crippen LogP contribution in [0.5, 0.6) is 0 Å². The molecule has 1 aromatic carbocycles. The van der Waals surface area contributed by atoms with Crippen molar-refractivity contribution in [3.05, 3.63) is 41.6 Å². The standard InChI is InChI=1S/C17H25N3/c1-12(2)9-18-10-16-11-19-20-17(16)15-7-5-14(6-8-15)13(3)4/h5-8,11-13,18H,9-10H2,1-4H3,(H,19,20). The Labute approximate surface area is 121 Å². The maximum atomic E-state index is 4.19. The molecule has 0 atom stereocenters. The molecule has 0 fully saturated rings. The van der Waals surface area contributed by atoms with Crippen LogP contribution in [0.4, 0.5) is 0 Å². The van der Waals surface area contributed by atoms with E-state index in [1.165, 1.54) is 16.7 Å². The second-order valence-electron chi connectivity index (χ2n) is 6.07. The van der Waals surface area contributed by atoms with Crippen molar-refractivity contribution in [3.8, 4) is 11.3 Å². The topological polar surface area (TPSA) is 40.7 Å². The average molecular weight is 271 g/mol. The number of hydrogen-bond acceptors (Lipinski definition) is 2. The fourth-order valence-electron chi connectivity index (χ4n) is 2.23.